The molecule has 0 saturated heterocycles. The number of carbonyl (C=O) groups is 2. The number of hydrogen-bond acceptors (Lipinski definition) is 4. The molecule has 4 fully saturated rings. The molecule has 0 atom stereocenters. The van der Waals surface area contributed by atoms with E-state index in [0.29, 0.717) is 18.6 Å². The van der Waals surface area contributed by atoms with Crippen molar-refractivity contribution in [3.05, 3.63) is 12.2 Å². The molecule has 28 heavy (non-hydrogen) atoms. The van der Waals surface area contributed by atoms with Gasteiger partial charge in [0, 0.05) is 12.2 Å². The number of unbranched alkanes of at least 4 members (excludes halogenated alkanes) is 5. The molecule has 4 rings (SSSR count). The van der Waals surface area contributed by atoms with E-state index in [2.05, 4.69) is 6.92 Å². The Kier molecular flexibility index (Phi) is 7.99. The van der Waals surface area contributed by atoms with E-state index in [-0.39, 0.29) is 0 Å². The van der Waals surface area contributed by atoms with Gasteiger partial charge < -0.3 is 9.47 Å². The zero-order chi connectivity index (χ0) is 19.8. The second-order valence-corrected chi connectivity index (χ2v) is 9.60. The van der Waals surface area contributed by atoms with Crippen LogP contribution in [0.5, 0.6) is 0 Å². The first kappa shape index (κ1) is 21.4. The van der Waals surface area contributed by atoms with Gasteiger partial charge in [0.05, 0.1) is 13.2 Å². The Morgan fingerprint density at radius 3 is 1.86 bits per heavy atom. The Bertz CT molecular complexity index is 516. The van der Waals surface area contributed by atoms with Gasteiger partial charge in [-0.05, 0) is 74.5 Å². The van der Waals surface area contributed by atoms with Gasteiger partial charge in [-0.3, -0.25) is 0 Å². The van der Waals surface area contributed by atoms with Crippen LogP contribution in [0.2, 0.25) is 0 Å². The lowest BCUT2D eigenvalue weighted by Crippen LogP contribution is -2.46. The van der Waals surface area contributed by atoms with Crippen molar-refractivity contribution in [2.45, 2.75) is 90.4 Å². The third kappa shape index (κ3) is 6.35. The molecule has 0 aliphatic heterocycles. The fourth-order valence-electron chi connectivity index (χ4n) is 6.25. The Morgan fingerprint density at radius 2 is 1.29 bits per heavy atom. The molecule has 4 heteroatoms. The van der Waals surface area contributed by atoms with Gasteiger partial charge in [0.25, 0.3) is 0 Å². The molecule has 158 valence electrons. The fourth-order valence-corrected chi connectivity index (χ4v) is 6.25. The number of rotatable bonds is 12. The standard InChI is InChI=1S/C24H38O4/c1-2-3-4-5-6-7-11-27-22(25)8-9-23(26)28-12-10-24-16-19-13-20(17-24)15-21(14-19)18-24/h8-9,19-21H,2-7,10-18H2,1H3/b9-8+. The summed E-state index contributed by atoms with van der Waals surface area (Å²) < 4.78 is 10.5. The summed E-state index contributed by atoms with van der Waals surface area (Å²) in [7, 11) is 0. The van der Waals surface area contributed by atoms with Gasteiger partial charge in [-0.1, -0.05) is 39.0 Å². The smallest absolute Gasteiger partial charge is 0.331 e. The van der Waals surface area contributed by atoms with Crippen LogP contribution in [0.4, 0.5) is 0 Å². The Hall–Kier alpha value is -1.32. The summed E-state index contributed by atoms with van der Waals surface area (Å²) in [5.41, 5.74) is 0.425. The van der Waals surface area contributed by atoms with Crippen LogP contribution >= 0.6 is 0 Å². The van der Waals surface area contributed by atoms with Crippen molar-refractivity contribution in [1.82, 2.24) is 0 Å². The predicted molar refractivity (Wildman–Crippen MR) is 110 cm³/mol. The molecule has 0 unspecified atom stereocenters. The summed E-state index contributed by atoms with van der Waals surface area (Å²) in [6, 6.07) is 0. The van der Waals surface area contributed by atoms with Gasteiger partial charge >= 0.3 is 11.9 Å². The predicted octanol–water partition coefficient (Wildman–Crippen LogP) is 5.60. The van der Waals surface area contributed by atoms with Crippen molar-refractivity contribution in [3.8, 4) is 0 Å². The van der Waals surface area contributed by atoms with Crippen molar-refractivity contribution < 1.29 is 19.1 Å². The first-order valence-corrected chi connectivity index (χ1v) is 11.6. The van der Waals surface area contributed by atoms with E-state index in [9.17, 15) is 9.59 Å². The number of hydrogen-bond donors (Lipinski definition) is 0. The van der Waals surface area contributed by atoms with Gasteiger partial charge in [0.1, 0.15) is 0 Å². The van der Waals surface area contributed by atoms with Crippen LogP contribution in [0.15, 0.2) is 12.2 Å². The highest BCUT2D eigenvalue weighted by molar-refractivity contribution is 5.91. The van der Waals surface area contributed by atoms with Gasteiger partial charge in [-0.25, -0.2) is 9.59 Å². The van der Waals surface area contributed by atoms with Crippen molar-refractivity contribution in [2.24, 2.45) is 23.2 Å². The highest BCUT2D eigenvalue weighted by Crippen LogP contribution is 2.61. The van der Waals surface area contributed by atoms with Crippen molar-refractivity contribution in [2.75, 3.05) is 13.2 Å². The zero-order valence-electron chi connectivity index (χ0n) is 17.6. The molecule has 0 aromatic carbocycles. The minimum Gasteiger partial charge on any atom is -0.463 e. The monoisotopic (exact) mass is 390 g/mol. The van der Waals surface area contributed by atoms with Crippen molar-refractivity contribution >= 4 is 11.9 Å². The Labute approximate surface area is 170 Å². The summed E-state index contributed by atoms with van der Waals surface area (Å²) in [6.45, 7) is 3.10. The SMILES string of the molecule is CCCCCCCCOC(=O)/C=C/C(=O)OCCC12CC3CC(CC(C3)C1)C2. The molecule has 0 heterocycles. The molecule has 4 nitrogen and oxygen atoms in total. The van der Waals surface area contributed by atoms with Crippen LogP contribution < -0.4 is 0 Å². The number of esters is 2. The van der Waals surface area contributed by atoms with Crippen molar-refractivity contribution in [1.29, 1.82) is 0 Å². The molecule has 0 aromatic rings. The van der Waals surface area contributed by atoms with E-state index in [1.165, 1.54) is 76.4 Å². The minimum absolute atomic E-state index is 0.425. The van der Waals surface area contributed by atoms with Crippen LogP contribution in [0.25, 0.3) is 0 Å². The maximum atomic E-state index is 11.9. The van der Waals surface area contributed by atoms with Crippen molar-refractivity contribution in [3.63, 3.8) is 0 Å². The Morgan fingerprint density at radius 1 is 0.786 bits per heavy atom. The van der Waals surface area contributed by atoms with E-state index in [1.807, 2.05) is 0 Å². The minimum atomic E-state index is -0.452. The van der Waals surface area contributed by atoms with Gasteiger partial charge in [-0.15, -0.1) is 0 Å². The normalized spacial score (nSPS) is 30.7. The van der Waals surface area contributed by atoms with E-state index in [0.717, 1.165) is 37.0 Å². The van der Waals surface area contributed by atoms with E-state index in [1.54, 1.807) is 0 Å². The first-order valence-electron chi connectivity index (χ1n) is 11.6. The average Bonchev–Trinajstić information content (AvgIpc) is 2.64. The van der Waals surface area contributed by atoms with Gasteiger partial charge in [-0.2, -0.15) is 0 Å². The maximum Gasteiger partial charge on any atom is 0.331 e. The van der Waals surface area contributed by atoms with Crippen LogP contribution in [0.1, 0.15) is 90.4 Å². The second-order valence-electron chi connectivity index (χ2n) is 9.60. The quantitative estimate of drug-likeness (QED) is 0.247. The lowest BCUT2D eigenvalue weighted by atomic mass is 9.49. The fraction of sp³-hybridized carbons (Fsp3) is 0.833. The molecular weight excluding hydrogens is 352 g/mol. The third-order valence-corrected chi connectivity index (χ3v) is 7.14. The summed E-state index contributed by atoms with van der Waals surface area (Å²) in [4.78, 5) is 23.6. The average molecular weight is 391 g/mol. The lowest BCUT2D eigenvalue weighted by molar-refractivity contribution is -0.142. The Balaban J connectivity index is 1.26. The van der Waals surface area contributed by atoms with Gasteiger partial charge in [0.2, 0.25) is 0 Å². The molecule has 4 saturated carbocycles. The molecule has 0 aromatic heterocycles. The van der Waals surface area contributed by atoms with Crippen LogP contribution in [0, 0.1) is 23.2 Å². The third-order valence-electron chi connectivity index (χ3n) is 7.14. The molecular formula is C24H38O4. The highest BCUT2D eigenvalue weighted by Gasteiger charge is 2.50. The molecule has 0 spiro atoms. The summed E-state index contributed by atoms with van der Waals surface area (Å²) >= 11 is 0. The van der Waals surface area contributed by atoms with E-state index in [4.69, 9.17) is 9.47 Å². The molecule has 4 aliphatic rings. The first-order chi connectivity index (χ1) is 13.6. The largest absolute Gasteiger partial charge is 0.463 e. The second kappa shape index (κ2) is 10.5. The molecule has 4 aliphatic carbocycles. The number of carbonyl (C=O) groups excluding carboxylic acids is 2. The molecule has 0 amide bonds. The van der Waals surface area contributed by atoms with E-state index >= 15 is 0 Å². The number of ether oxygens (including phenoxy) is 2. The maximum absolute atomic E-state index is 11.9. The molecule has 0 radical (unpaired) electrons. The van der Waals surface area contributed by atoms with E-state index < -0.39 is 11.9 Å². The molecule has 4 bridgehead atoms. The molecule has 0 N–H and O–H groups in total. The van der Waals surface area contributed by atoms with Crippen LogP contribution in [-0.2, 0) is 19.1 Å². The summed E-state index contributed by atoms with van der Waals surface area (Å²) in [5.74, 6) is 1.88. The highest BCUT2D eigenvalue weighted by atomic mass is 16.5. The van der Waals surface area contributed by atoms with Crippen LogP contribution in [0.3, 0.4) is 0 Å². The van der Waals surface area contributed by atoms with Gasteiger partial charge in [0.15, 0.2) is 0 Å². The summed E-state index contributed by atoms with van der Waals surface area (Å²) in [5, 5.41) is 0. The summed E-state index contributed by atoms with van der Waals surface area (Å²) in [6.07, 6.45) is 18.6. The lowest BCUT2D eigenvalue weighted by Gasteiger charge is -2.57. The zero-order valence-corrected chi connectivity index (χ0v) is 17.6. The van der Waals surface area contributed by atoms with Crippen LogP contribution in [-0.4, -0.2) is 25.2 Å². The topological polar surface area (TPSA) is 52.6 Å².